The Morgan fingerprint density at radius 1 is 0.727 bits per heavy atom. The Hall–Kier alpha value is -1.90. The number of hydrogen-bond acceptors (Lipinski definition) is 5. The van der Waals surface area contributed by atoms with Crippen LogP contribution in [0.1, 0.15) is 88.6 Å². The van der Waals surface area contributed by atoms with Crippen molar-refractivity contribution in [2.24, 2.45) is 21.7 Å². The fourth-order valence-corrected chi connectivity index (χ4v) is 8.64. The molecule has 0 fully saturated rings. The number of halogens is 1. The SMILES string of the molecule is CC(C)(C)C1=CC(=CC=C(C=CC2=CC(C(C)(C)C)=S(O[Cl+3]([O-])([O-])[O-])C(C(C)(C)C)=C2)c2ccccc2)C=C(C(C)(C)C)S1. The summed E-state index contributed by atoms with van der Waals surface area (Å²) in [7, 11) is -5.91. The Kier molecular flexibility index (Phi) is 11.2. The molecule has 0 aliphatic carbocycles. The van der Waals surface area contributed by atoms with E-state index in [1.54, 1.807) is 0 Å². The Bertz CT molecular complexity index is 1450. The molecular formula is C37H49ClO4S2. The van der Waals surface area contributed by atoms with Crippen molar-refractivity contribution in [2.45, 2.75) is 83.1 Å². The van der Waals surface area contributed by atoms with Gasteiger partial charge in [-0.25, -0.2) is 0 Å². The molecule has 0 saturated heterocycles. The van der Waals surface area contributed by atoms with Gasteiger partial charge < -0.3 is 0 Å². The molecule has 0 bridgehead atoms. The topological polar surface area (TPSA) is 78.4 Å². The van der Waals surface area contributed by atoms with Crippen molar-refractivity contribution < 1.29 is 28.0 Å². The highest BCUT2D eigenvalue weighted by Gasteiger charge is 2.38. The van der Waals surface area contributed by atoms with Gasteiger partial charge in [0.05, 0.1) is 10.2 Å². The zero-order valence-corrected chi connectivity index (χ0v) is 30.7. The first-order chi connectivity index (χ1) is 19.9. The second-order valence-electron chi connectivity index (χ2n) is 15.3. The van der Waals surface area contributed by atoms with E-state index in [2.05, 4.69) is 90.1 Å². The van der Waals surface area contributed by atoms with E-state index in [-0.39, 0.29) is 10.8 Å². The molecule has 240 valence electrons. The van der Waals surface area contributed by atoms with Crippen LogP contribution in [-0.2, 0) is 3.74 Å². The highest BCUT2D eigenvalue weighted by molar-refractivity contribution is 8.15. The average Bonchev–Trinajstić information content (AvgIpc) is 2.86. The van der Waals surface area contributed by atoms with Gasteiger partial charge in [-0.3, -0.25) is 0 Å². The Labute approximate surface area is 274 Å². The van der Waals surface area contributed by atoms with Gasteiger partial charge in [0.1, 0.15) is 14.5 Å². The van der Waals surface area contributed by atoms with Crippen LogP contribution in [0.3, 0.4) is 0 Å². The molecular weight excluding hydrogens is 608 g/mol. The highest BCUT2D eigenvalue weighted by Crippen LogP contribution is 2.50. The molecule has 0 saturated carbocycles. The fourth-order valence-electron chi connectivity index (χ4n) is 4.41. The van der Waals surface area contributed by atoms with Crippen LogP contribution in [0.2, 0.25) is 0 Å². The number of hydrogen-bond donors (Lipinski definition) is 0. The van der Waals surface area contributed by atoms with Gasteiger partial charge in [-0.2, -0.15) is 14.0 Å². The monoisotopic (exact) mass is 656 g/mol. The zero-order valence-electron chi connectivity index (χ0n) is 28.3. The van der Waals surface area contributed by atoms with Gasteiger partial charge in [-0.1, -0.05) is 149 Å². The maximum atomic E-state index is 11.8. The number of rotatable bonds is 6. The van der Waals surface area contributed by atoms with E-state index in [0.717, 1.165) is 32.1 Å². The third-order valence-electron chi connectivity index (χ3n) is 6.93. The summed E-state index contributed by atoms with van der Waals surface area (Å²) in [6.45, 7) is 25.6. The average molecular weight is 657 g/mol. The van der Waals surface area contributed by atoms with Crippen LogP contribution in [0, 0.1) is 31.9 Å². The minimum Gasteiger partial charge on any atom is -0.182 e. The maximum Gasteiger partial charge on any atom is 0.141 e. The Morgan fingerprint density at radius 2 is 1.27 bits per heavy atom. The molecule has 0 aromatic heterocycles. The van der Waals surface area contributed by atoms with Gasteiger partial charge in [-0.05, 0) is 78.1 Å². The van der Waals surface area contributed by atoms with Crippen LogP contribution in [0.25, 0.3) is 5.57 Å². The third kappa shape index (κ3) is 10.3. The highest BCUT2D eigenvalue weighted by atomic mass is 35.7. The molecule has 0 spiro atoms. The number of allylic oxidation sites excluding steroid dienone is 14. The summed E-state index contributed by atoms with van der Waals surface area (Å²) in [5.74, 6) is 0. The van der Waals surface area contributed by atoms with Crippen molar-refractivity contribution in [1.29, 1.82) is 0 Å². The molecule has 2 heterocycles. The van der Waals surface area contributed by atoms with Crippen molar-refractivity contribution in [1.82, 2.24) is 0 Å². The first kappa shape index (κ1) is 36.6. The summed E-state index contributed by atoms with van der Waals surface area (Å²) >= 11 is 1.88. The second kappa shape index (κ2) is 13.4. The van der Waals surface area contributed by atoms with Crippen molar-refractivity contribution in [3.8, 4) is 0 Å². The molecule has 1 aromatic carbocycles. The molecule has 2 aliphatic rings. The number of benzene rings is 1. The molecule has 3 rings (SSSR count). The second-order valence-corrected chi connectivity index (χ2v) is 19.1. The number of thioether (sulfide) groups is 1. The van der Waals surface area contributed by atoms with Crippen molar-refractivity contribution in [2.75, 3.05) is 0 Å². The standard InChI is InChI=1S/C37H49ClO4S2/c1-34(2,3)30-22-26(23-31(43-30)35(4,5)6)18-20-29(28-16-14-13-15-17-28)21-19-27-24-32(36(7,8)9)44(42-38(39,40)41)33(25-27)37(10,11)12/h13-25H,1-12H3. The summed E-state index contributed by atoms with van der Waals surface area (Å²) in [5.41, 5.74) is 3.43. The maximum absolute atomic E-state index is 11.8. The smallest absolute Gasteiger partial charge is 0.141 e. The van der Waals surface area contributed by atoms with E-state index in [4.69, 9.17) is 3.74 Å². The van der Waals surface area contributed by atoms with Crippen molar-refractivity contribution in [3.63, 3.8) is 0 Å². The van der Waals surface area contributed by atoms with Gasteiger partial charge in [-0.15, -0.1) is 0 Å². The molecule has 1 aromatic rings. The lowest BCUT2D eigenvalue weighted by Gasteiger charge is -2.32. The lowest BCUT2D eigenvalue weighted by molar-refractivity contribution is -1.91. The molecule has 2 aliphatic heterocycles. The van der Waals surface area contributed by atoms with Gasteiger partial charge in [0.2, 0.25) is 0 Å². The lowest BCUT2D eigenvalue weighted by atomic mass is 9.89. The molecule has 1 unspecified atom stereocenters. The molecule has 0 radical (unpaired) electrons. The van der Waals surface area contributed by atoms with E-state index >= 15 is 0 Å². The molecule has 0 amide bonds. The van der Waals surface area contributed by atoms with Gasteiger partial charge >= 0.3 is 0 Å². The van der Waals surface area contributed by atoms with Gasteiger partial charge in [0, 0.05) is 9.77 Å². The first-order valence-electron chi connectivity index (χ1n) is 14.9. The van der Waals surface area contributed by atoms with E-state index in [0.29, 0.717) is 0 Å². The van der Waals surface area contributed by atoms with Crippen molar-refractivity contribution >= 4 is 33.0 Å². The molecule has 4 nitrogen and oxygen atoms in total. The van der Waals surface area contributed by atoms with Crippen molar-refractivity contribution in [3.05, 3.63) is 110 Å². The zero-order chi connectivity index (χ0) is 33.3. The summed E-state index contributed by atoms with van der Waals surface area (Å²) in [6.07, 6.45) is 17.0. The Balaban J connectivity index is 2.18. The fraction of sp³-hybridized carbons (Fsp3) is 0.432. The first-order valence-corrected chi connectivity index (χ1v) is 18.1. The van der Waals surface area contributed by atoms with Crippen LogP contribution in [0.5, 0.6) is 0 Å². The summed E-state index contributed by atoms with van der Waals surface area (Å²) < 4.78 is 40.4. The molecule has 44 heavy (non-hydrogen) atoms. The summed E-state index contributed by atoms with van der Waals surface area (Å²) in [5, 5.41) is 0. The normalized spacial score (nSPS) is 19.5. The van der Waals surface area contributed by atoms with Gasteiger partial charge in [0.15, 0.2) is 0 Å². The largest absolute Gasteiger partial charge is 0.182 e. The van der Waals surface area contributed by atoms with Gasteiger partial charge in [0.25, 0.3) is 0 Å². The minimum absolute atomic E-state index is 0.0410. The van der Waals surface area contributed by atoms with E-state index in [1.165, 1.54) is 9.81 Å². The Morgan fingerprint density at radius 3 is 1.73 bits per heavy atom. The molecule has 7 heteroatoms. The predicted molar refractivity (Wildman–Crippen MR) is 183 cm³/mol. The summed E-state index contributed by atoms with van der Waals surface area (Å²) in [4.78, 5) is 4.22. The minimum atomic E-state index is -4.60. The van der Waals surface area contributed by atoms with E-state index in [1.807, 2.05) is 83.7 Å². The van der Waals surface area contributed by atoms with Crippen LogP contribution < -0.4 is 14.0 Å². The van der Waals surface area contributed by atoms with Crippen LogP contribution >= 0.6 is 22.5 Å². The molecule has 0 N–H and O–H groups in total. The van der Waals surface area contributed by atoms with E-state index in [9.17, 15) is 14.0 Å². The van der Waals surface area contributed by atoms with Crippen LogP contribution in [-0.4, -0.2) is 4.86 Å². The lowest BCUT2D eigenvalue weighted by Crippen LogP contribution is -2.60. The molecule has 1 atom stereocenters. The quantitative estimate of drug-likeness (QED) is 0.227. The van der Waals surface area contributed by atoms with Crippen LogP contribution in [0.15, 0.2) is 105 Å². The summed E-state index contributed by atoms with van der Waals surface area (Å²) in [6, 6.07) is 10.3. The van der Waals surface area contributed by atoms with Crippen LogP contribution in [0.4, 0.5) is 0 Å². The predicted octanol–water partition coefficient (Wildman–Crippen LogP) is 8.35. The third-order valence-corrected chi connectivity index (χ3v) is 12.2. The van der Waals surface area contributed by atoms with E-state index < -0.39 is 31.8 Å².